The molecule has 1 aromatic rings. The Hall–Kier alpha value is -3.01. The lowest BCUT2D eigenvalue weighted by molar-refractivity contribution is -0.0984. The number of amides is 1. The number of fused-ring (bicyclic) bond motifs is 1. The maximum Gasteiger partial charge on any atom is 0.511 e. The van der Waals surface area contributed by atoms with E-state index >= 15 is 0 Å². The molecule has 1 aliphatic rings. The van der Waals surface area contributed by atoms with Gasteiger partial charge in [-0.2, -0.15) is 0 Å². The second-order valence-corrected chi connectivity index (χ2v) is 6.53. The lowest BCUT2D eigenvalue weighted by Crippen LogP contribution is -2.42. The Morgan fingerprint density at radius 3 is 2.57 bits per heavy atom. The third-order valence-electron chi connectivity index (χ3n) is 4.40. The number of likely N-dealkylation sites (N-methyl/N-ethyl adjacent to an activating group) is 1. The Bertz CT molecular complexity index is 752. The van der Waals surface area contributed by atoms with Gasteiger partial charge in [-0.15, -0.1) is 0 Å². The second-order valence-electron chi connectivity index (χ2n) is 6.53. The predicted molar refractivity (Wildman–Crippen MR) is 104 cm³/mol. The Balaban J connectivity index is 1.94. The van der Waals surface area contributed by atoms with Gasteiger partial charge in [-0.3, -0.25) is 4.79 Å². The van der Waals surface area contributed by atoms with E-state index < -0.39 is 24.6 Å². The number of ether oxygens (including phenoxy) is 6. The number of ketones is 1. The van der Waals surface area contributed by atoms with E-state index in [1.165, 1.54) is 14.2 Å². The maximum absolute atomic E-state index is 12.8. The van der Waals surface area contributed by atoms with E-state index in [0.717, 1.165) is 4.90 Å². The van der Waals surface area contributed by atoms with Crippen LogP contribution in [-0.4, -0.2) is 69.4 Å². The van der Waals surface area contributed by atoms with E-state index in [-0.39, 0.29) is 32.2 Å². The van der Waals surface area contributed by atoms with Gasteiger partial charge in [0.2, 0.25) is 6.79 Å². The minimum atomic E-state index is -1.13. The molecular weight excluding hydrogens is 398 g/mol. The number of benzene rings is 1. The molecule has 0 N–H and O–H groups in total. The smallest absolute Gasteiger partial charge is 0.454 e. The van der Waals surface area contributed by atoms with Crippen LogP contribution in [0.15, 0.2) is 18.2 Å². The van der Waals surface area contributed by atoms with E-state index in [0.29, 0.717) is 23.5 Å². The number of hydrogen-bond donors (Lipinski definition) is 0. The third-order valence-corrected chi connectivity index (χ3v) is 4.40. The highest BCUT2D eigenvalue weighted by atomic mass is 16.8. The van der Waals surface area contributed by atoms with Crippen LogP contribution >= 0.6 is 0 Å². The average molecular weight is 425 g/mol. The average Bonchev–Trinajstić information content (AvgIpc) is 3.20. The van der Waals surface area contributed by atoms with Gasteiger partial charge < -0.3 is 33.3 Å². The molecule has 0 bridgehead atoms. The van der Waals surface area contributed by atoms with Crippen LogP contribution in [0.2, 0.25) is 0 Å². The summed E-state index contributed by atoms with van der Waals surface area (Å²) in [5, 5.41) is 0. The minimum Gasteiger partial charge on any atom is -0.454 e. The van der Waals surface area contributed by atoms with E-state index in [1.54, 1.807) is 25.1 Å². The van der Waals surface area contributed by atoms with Crippen LogP contribution in [0.25, 0.3) is 0 Å². The molecule has 0 fully saturated rings. The van der Waals surface area contributed by atoms with E-state index in [4.69, 9.17) is 28.4 Å². The molecule has 0 saturated heterocycles. The summed E-state index contributed by atoms with van der Waals surface area (Å²) in [6, 6.07) is 3.99. The summed E-state index contributed by atoms with van der Waals surface area (Å²) in [5.41, 5.74) is 0.370. The number of methoxy groups -OCH3 is 1. The highest BCUT2D eigenvalue weighted by Crippen LogP contribution is 2.33. The Morgan fingerprint density at radius 2 is 1.87 bits per heavy atom. The van der Waals surface area contributed by atoms with Gasteiger partial charge in [0.15, 0.2) is 17.3 Å². The summed E-state index contributed by atoms with van der Waals surface area (Å²) in [6.07, 6.45) is -2.03. The topological polar surface area (TPSA) is 110 Å². The number of hydrogen-bond acceptors (Lipinski definition) is 9. The van der Waals surface area contributed by atoms with Crippen LogP contribution in [0.5, 0.6) is 11.5 Å². The summed E-state index contributed by atoms with van der Waals surface area (Å²) in [6.45, 7) is 3.75. The SMILES string of the molecule is CCCC(OC(=O)OCCOC)OC(=O)N(C)C(C)C(=O)c1ccc2c(c1)OCO2. The molecule has 1 amide bonds. The van der Waals surface area contributed by atoms with Crippen molar-refractivity contribution in [3.63, 3.8) is 0 Å². The van der Waals surface area contributed by atoms with Crippen molar-refractivity contribution >= 4 is 18.0 Å². The molecule has 0 spiro atoms. The summed E-state index contributed by atoms with van der Waals surface area (Å²) >= 11 is 0. The summed E-state index contributed by atoms with van der Waals surface area (Å²) in [7, 11) is 2.90. The molecule has 2 atom stereocenters. The molecule has 30 heavy (non-hydrogen) atoms. The van der Waals surface area contributed by atoms with Crippen LogP contribution in [0.3, 0.4) is 0 Å². The number of nitrogens with zero attached hydrogens (tertiary/aromatic N) is 1. The largest absolute Gasteiger partial charge is 0.511 e. The highest BCUT2D eigenvalue weighted by Gasteiger charge is 2.29. The molecule has 2 unspecified atom stereocenters. The first-order valence-corrected chi connectivity index (χ1v) is 9.57. The fraction of sp³-hybridized carbons (Fsp3) is 0.550. The third kappa shape index (κ3) is 6.24. The van der Waals surface area contributed by atoms with Gasteiger partial charge in [0, 0.05) is 26.1 Å². The number of carbonyl (C=O) groups is 3. The number of carbonyl (C=O) groups excluding carboxylic acids is 3. The number of Topliss-reactive ketones (excluding diaryl/α,β-unsaturated/α-hetero) is 1. The molecule has 0 saturated carbocycles. The first-order valence-electron chi connectivity index (χ1n) is 9.57. The Morgan fingerprint density at radius 1 is 1.13 bits per heavy atom. The second kappa shape index (κ2) is 11.2. The van der Waals surface area contributed by atoms with E-state index in [1.807, 2.05) is 6.92 Å². The van der Waals surface area contributed by atoms with Gasteiger partial charge >= 0.3 is 12.2 Å². The van der Waals surface area contributed by atoms with Crippen LogP contribution in [0.1, 0.15) is 37.0 Å². The zero-order chi connectivity index (χ0) is 22.1. The van der Waals surface area contributed by atoms with Crippen molar-refractivity contribution in [1.29, 1.82) is 0 Å². The Labute approximate surface area is 174 Å². The molecule has 10 nitrogen and oxygen atoms in total. The predicted octanol–water partition coefficient (Wildman–Crippen LogP) is 2.98. The van der Waals surface area contributed by atoms with Gasteiger partial charge in [0.1, 0.15) is 6.61 Å². The monoisotopic (exact) mass is 425 g/mol. The lowest BCUT2D eigenvalue weighted by Gasteiger charge is -2.26. The molecule has 1 aliphatic heterocycles. The molecule has 0 aromatic heterocycles. The summed E-state index contributed by atoms with van der Waals surface area (Å²) in [4.78, 5) is 38.1. The quantitative estimate of drug-likeness (QED) is 0.242. The van der Waals surface area contributed by atoms with Gasteiger partial charge in [-0.25, -0.2) is 9.59 Å². The highest BCUT2D eigenvalue weighted by molar-refractivity contribution is 6.01. The molecular formula is C20H27NO9. The van der Waals surface area contributed by atoms with Crippen molar-refractivity contribution in [3.8, 4) is 11.5 Å². The molecule has 1 aromatic carbocycles. The van der Waals surface area contributed by atoms with Crippen LogP contribution in [0.4, 0.5) is 9.59 Å². The zero-order valence-corrected chi connectivity index (χ0v) is 17.5. The first-order chi connectivity index (χ1) is 14.4. The fourth-order valence-electron chi connectivity index (χ4n) is 2.55. The fourth-order valence-corrected chi connectivity index (χ4v) is 2.55. The van der Waals surface area contributed by atoms with Crippen molar-refractivity contribution < 1.29 is 42.8 Å². The van der Waals surface area contributed by atoms with Crippen LogP contribution in [-0.2, 0) is 18.9 Å². The maximum atomic E-state index is 12.8. The summed E-state index contributed by atoms with van der Waals surface area (Å²) < 4.78 is 30.4. The summed E-state index contributed by atoms with van der Waals surface area (Å²) in [5.74, 6) is 0.727. The molecule has 0 radical (unpaired) electrons. The molecule has 1 heterocycles. The van der Waals surface area contributed by atoms with Crippen LogP contribution < -0.4 is 9.47 Å². The van der Waals surface area contributed by atoms with E-state index in [9.17, 15) is 14.4 Å². The van der Waals surface area contributed by atoms with Crippen molar-refractivity contribution in [1.82, 2.24) is 4.90 Å². The lowest BCUT2D eigenvalue weighted by atomic mass is 10.0. The molecule has 0 aliphatic carbocycles. The first kappa shape index (κ1) is 23.3. The van der Waals surface area contributed by atoms with Gasteiger partial charge in [0.25, 0.3) is 6.29 Å². The molecule has 10 heteroatoms. The van der Waals surface area contributed by atoms with Gasteiger partial charge in [-0.05, 0) is 31.5 Å². The standard InChI is InChI=1S/C20H27NO9/c1-5-6-17(30-20(24)26-10-9-25-4)29-19(23)21(3)13(2)18(22)14-7-8-15-16(11-14)28-12-27-15/h7-8,11,13,17H,5-6,9-10,12H2,1-4H3. The Kier molecular flexibility index (Phi) is 8.72. The van der Waals surface area contributed by atoms with Gasteiger partial charge in [-0.1, -0.05) is 6.92 Å². The normalized spacial score (nSPS) is 13.9. The van der Waals surface area contributed by atoms with Crippen molar-refractivity contribution in [2.75, 3.05) is 34.2 Å². The zero-order valence-electron chi connectivity index (χ0n) is 17.5. The molecule has 2 rings (SSSR count). The number of rotatable bonds is 10. The van der Waals surface area contributed by atoms with Crippen molar-refractivity contribution in [3.05, 3.63) is 23.8 Å². The van der Waals surface area contributed by atoms with Crippen molar-refractivity contribution in [2.24, 2.45) is 0 Å². The van der Waals surface area contributed by atoms with Crippen molar-refractivity contribution in [2.45, 2.75) is 39.0 Å². The van der Waals surface area contributed by atoms with E-state index in [2.05, 4.69) is 0 Å². The molecule has 166 valence electrons. The van der Waals surface area contributed by atoms with Gasteiger partial charge in [0.05, 0.1) is 12.6 Å². The minimum absolute atomic E-state index is 0.0170. The van der Waals surface area contributed by atoms with Crippen LogP contribution in [0, 0.1) is 0 Å².